The molecule has 0 aromatic rings. The van der Waals surface area contributed by atoms with Gasteiger partial charge in [0.1, 0.15) is 5.57 Å². The maximum absolute atomic E-state index is 11.4. The number of aliphatic hydroxyl groups excluding tert-OH is 1. The van der Waals surface area contributed by atoms with E-state index in [0.717, 1.165) is 25.7 Å². The molecule has 88 valence electrons. The van der Waals surface area contributed by atoms with Crippen LogP contribution in [0.3, 0.4) is 0 Å². The Labute approximate surface area is 94.3 Å². The average molecular weight is 224 g/mol. The van der Waals surface area contributed by atoms with Crippen LogP contribution in [0.2, 0.25) is 0 Å². The minimum atomic E-state index is -0.666. The van der Waals surface area contributed by atoms with E-state index in [-0.39, 0.29) is 17.3 Å². The number of carbonyl (C=O) groups is 2. The number of hydrogen-bond acceptors (Lipinski definition) is 4. The van der Waals surface area contributed by atoms with E-state index in [1.165, 1.54) is 13.3 Å². The molecule has 1 aliphatic heterocycles. The molecule has 1 heterocycles. The third kappa shape index (κ3) is 1.84. The van der Waals surface area contributed by atoms with Crippen molar-refractivity contribution in [2.24, 2.45) is 5.92 Å². The Kier molecular flexibility index (Phi) is 2.99. The quantitative estimate of drug-likeness (QED) is 0.574. The van der Waals surface area contributed by atoms with Gasteiger partial charge in [-0.05, 0) is 19.8 Å². The number of carbonyl (C=O) groups excluding carboxylic acids is 2. The van der Waals surface area contributed by atoms with Crippen LogP contribution < -0.4 is 0 Å². The van der Waals surface area contributed by atoms with Gasteiger partial charge in [-0.2, -0.15) is 0 Å². The predicted molar refractivity (Wildman–Crippen MR) is 56.8 cm³/mol. The smallest absolute Gasteiger partial charge is 0.346 e. The topological polar surface area (TPSA) is 63.6 Å². The van der Waals surface area contributed by atoms with Crippen LogP contribution in [0.5, 0.6) is 0 Å². The Morgan fingerprint density at radius 2 is 1.94 bits per heavy atom. The number of ether oxygens (including phenoxy) is 1. The molecule has 0 bridgehead atoms. The van der Waals surface area contributed by atoms with Gasteiger partial charge in [0.15, 0.2) is 17.6 Å². The molecule has 1 unspecified atom stereocenters. The summed E-state index contributed by atoms with van der Waals surface area (Å²) in [6.45, 7) is 1.27. The maximum atomic E-state index is 11.4. The fraction of sp³-hybridized carbons (Fsp3) is 0.667. The monoisotopic (exact) mass is 224 g/mol. The summed E-state index contributed by atoms with van der Waals surface area (Å²) >= 11 is 0. The van der Waals surface area contributed by atoms with Crippen molar-refractivity contribution in [3.05, 3.63) is 11.3 Å². The van der Waals surface area contributed by atoms with Gasteiger partial charge in [-0.25, -0.2) is 4.79 Å². The molecule has 2 rings (SSSR count). The lowest BCUT2D eigenvalue weighted by Crippen LogP contribution is -2.25. The molecule has 16 heavy (non-hydrogen) atoms. The van der Waals surface area contributed by atoms with Gasteiger partial charge in [0, 0.05) is 5.92 Å². The standard InChI is InChI=1S/C12H16O4/c1-7(13)9-10(14)11(16-12(9)15)8-5-3-2-4-6-8/h8,11,14H,2-6H2,1H3. The zero-order chi connectivity index (χ0) is 11.7. The maximum Gasteiger partial charge on any atom is 0.346 e. The SMILES string of the molecule is CC(=O)C1=C(O)C(C2CCCCC2)OC1=O. The highest BCUT2D eigenvalue weighted by atomic mass is 16.6. The fourth-order valence-corrected chi connectivity index (χ4v) is 2.56. The van der Waals surface area contributed by atoms with Crippen molar-refractivity contribution in [1.29, 1.82) is 0 Å². The van der Waals surface area contributed by atoms with E-state index < -0.39 is 17.9 Å². The molecular formula is C12H16O4. The Balaban J connectivity index is 2.18. The highest BCUT2D eigenvalue weighted by molar-refractivity contribution is 6.18. The van der Waals surface area contributed by atoms with E-state index in [0.29, 0.717) is 0 Å². The molecule has 0 amide bonds. The van der Waals surface area contributed by atoms with Crippen molar-refractivity contribution in [3.8, 4) is 0 Å². The van der Waals surface area contributed by atoms with Crippen molar-refractivity contribution < 1.29 is 19.4 Å². The van der Waals surface area contributed by atoms with Crippen molar-refractivity contribution in [3.63, 3.8) is 0 Å². The molecule has 1 fully saturated rings. The van der Waals surface area contributed by atoms with Crippen LogP contribution in [0.25, 0.3) is 0 Å². The molecule has 1 aliphatic carbocycles. The van der Waals surface area contributed by atoms with Gasteiger partial charge < -0.3 is 9.84 Å². The minimum Gasteiger partial charge on any atom is -0.507 e. The number of hydrogen-bond donors (Lipinski definition) is 1. The van der Waals surface area contributed by atoms with E-state index >= 15 is 0 Å². The van der Waals surface area contributed by atoms with E-state index in [1.807, 2.05) is 0 Å². The molecule has 1 atom stereocenters. The Morgan fingerprint density at radius 1 is 1.31 bits per heavy atom. The zero-order valence-electron chi connectivity index (χ0n) is 9.36. The highest BCUT2D eigenvalue weighted by Crippen LogP contribution is 2.35. The summed E-state index contributed by atoms with van der Waals surface area (Å²) < 4.78 is 5.10. The van der Waals surface area contributed by atoms with Crippen LogP contribution in [-0.4, -0.2) is 23.0 Å². The van der Waals surface area contributed by atoms with Crippen molar-refractivity contribution in [2.75, 3.05) is 0 Å². The molecular weight excluding hydrogens is 208 g/mol. The molecule has 0 aromatic carbocycles. The van der Waals surface area contributed by atoms with E-state index in [2.05, 4.69) is 0 Å². The third-order valence-corrected chi connectivity index (χ3v) is 3.39. The number of aliphatic hydroxyl groups is 1. The molecule has 4 heteroatoms. The van der Waals surface area contributed by atoms with Gasteiger partial charge in [0.25, 0.3) is 0 Å². The van der Waals surface area contributed by atoms with Crippen LogP contribution >= 0.6 is 0 Å². The summed E-state index contributed by atoms with van der Waals surface area (Å²) in [5.74, 6) is -1.06. The largest absolute Gasteiger partial charge is 0.507 e. The first-order valence-electron chi connectivity index (χ1n) is 5.76. The molecule has 4 nitrogen and oxygen atoms in total. The first kappa shape index (κ1) is 11.2. The normalized spacial score (nSPS) is 27.1. The summed E-state index contributed by atoms with van der Waals surface area (Å²) in [5.41, 5.74) is -0.157. The van der Waals surface area contributed by atoms with Crippen LogP contribution in [0.15, 0.2) is 11.3 Å². The molecule has 0 spiro atoms. The predicted octanol–water partition coefficient (Wildman–Crippen LogP) is 1.89. The average Bonchev–Trinajstić information content (AvgIpc) is 2.55. The highest BCUT2D eigenvalue weighted by Gasteiger charge is 2.41. The lowest BCUT2D eigenvalue weighted by molar-refractivity contribution is -0.143. The summed E-state index contributed by atoms with van der Waals surface area (Å²) in [7, 11) is 0. The van der Waals surface area contributed by atoms with Crippen molar-refractivity contribution in [1.82, 2.24) is 0 Å². The number of rotatable bonds is 2. The van der Waals surface area contributed by atoms with E-state index in [9.17, 15) is 14.7 Å². The molecule has 2 aliphatic rings. The minimum absolute atomic E-state index is 0.149. The van der Waals surface area contributed by atoms with Gasteiger partial charge in [-0.1, -0.05) is 19.3 Å². The van der Waals surface area contributed by atoms with Gasteiger partial charge >= 0.3 is 5.97 Å². The first-order chi connectivity index (χ1) is 7.61. The van der Waals surface area contributed by atoms with Crippen molar-refractivity contribution >= 4 is 11.8 Å². The Morgan fingerprint density at radius 3 is 2.44 bits per heavy atom. The van der Waals surface area contributed by atoms with E-state index in [1.54, 1.807) is 0 Å². The number of cyclic esters (lactones) is 1. The summed E-state index contributed by atoms with van der Waals surface area (Å²) in [6.07, 6.45) is 4.72. The first-order valence-corrected chi connectivity index (χ1v) is 5.76. The van der Waals surface area contributed by atoms with Crippen LogP contribution in [0, 0.1) is 5.92 Å². The van der Waals surface area contributed by atoms with Crippen molar-refractivity contribution in [2.45, 2.75) is 45.1 Å². The van der Waals surface area contributed by atoms with Crippen LogP contribution in [0.1, 0.15) is 39.0 Å². The number of ketones is 1. The third-order valence-electron chi connectivity index (χ3n) is 3.39. The molecule has 1 N–H and O–H groups in total. The summed E-state index contributed by atoms with van der Waals surface area (Å²) in [5, 5.41) is 9.85. The summed E-state index contributed by atoms with van der Waals surface area (Å²) in [6, 6.07) is 0. The Bertz CT molecular complexity index is 350. The van der Waals surface area contributed by atoms with Gasteiger partial charge in [-0.15, -0.1) is 0 Å². The lowest BCUT2D eigenvalue weighted by Gasteiger charge is -2.26. The zero-order valence-corrected chi connectivity index (χ0v) is 9.36. The van der Waals surface area contributed by atoms with Gasteiger partial charge in [0.2, 0.25) is 0 Å². The molecule has 0 saturated heterocycles. The second-order valence-corrected chi connectivity index (χ2v) is 4.54. The molecule has 0 aromatic heterocycles. The second-order valence-electron chi connectivity index (χ2n) is 4.54. The Hall–Kier alpha value is -1.32. The van der Waals surface area contributed by atoms with Crippen LogP contribution in [0.4, 0.5) is 0 Å². The second kappa shape index (κ2) is 4.28. The summed E-state index contributed by atoms with van der Waals surface area (Å²) in [4.78, 5) is 22.6. The van der Waals surface area contributed by atoms with Crippen LogP contribution in [-0.2, 0) is 14.3 Å². The number of Topliss-reactive ketones (excluding diaryl/α,β-unsaturated/α-hetero) is 1. The van der Waals surface area contributed by atoms with Gasteiger partial charge in [0.05, 0.1) is 0 Å². The fourth-order valence-electron chi connectivity index (χ4n) is 2.56. The molecule has 0 radical (unpaired) electrons. The van der Waals surface area contributed by atoms with E-state index in [4.69, 9.17) is 4.74 Å². The lowest BCUT2D eigenvalue weighted by atomic mass is 9.84. The van der Waals surface area contributed by atoms with Gasteiger partial charge in [-0.3, -0.25) is 4.79 Å². The number of esters is 1. The molecule has 1 saturated carbocycles.